The Morgan fingerprint density at radius 2 is 1.56 bits per heavy atom. The van der Waals surface area contributed by atoms with Gasteiger partial charge in [0.25, 0.3) is 10.0 Å². The number of urea groups is 1. The molecule has 2 amide bonds. The van der Waals surface area contributed by atoms with Gasteiger partial charge in [-0.15, -0.1) is 0 Å². The number of sulfonamides is 1. The molecule has 1 aliphatic rings. The van der Waals surface area contributed by atoms with Gasteiger partial charge in [0.1, 0.15) is 4.90 Å². The number of nitrogens with zero attached hydrogens (tertiary/aromatic N) is 1. The minimum absolute atomic E-state index is 0.0655. The van der Waals surface area contributed by atoms with Crippen LogP contribution < -0.4 is 20.3 Å². The smallest absolute Gasteiger partial charge is 0.370 e. The number of carbonyl (C=O) groups is 1. The molecule has 1 heterocycles. The monoisotopic (exact) mass is 538 g/mol. The van der Waals surface area contributed by atoms with Crippen molar-refractivity contribution >= 4 is 50.4 Å². The molecule has 0 aliphatic carbocycles. The summed E-state index contributed by atoms with van der Waals surface area (Å²) in [5.74, 6) is 0. The SMILES string of the molecule is O=C(Nc1cccc(C(F)(F)F)c1)Nc1ccc(N2CCCC2)c(S(=O)(=O)Nc2ccccc2Cl)c1. The lowest BCUT2D eigenvalue weighted by Crippen LogP contribution is -2.24. The van der Waals surface area contributed by atoms with E-state index in [1.54, 1.807) is 24.3 Å². The van der Waals surface area contributed by atoms with E-state index in [1.807, 2.05) is 4.90 Å². The third-order valence-electron chi connectivity index (χ3n) is 5.52. The van der Waals surface area contributed by atoms with Crippen LogP contribution in [-0.4, -0.2) is 27.5 Å². The molecule has 36 heavy (non-hydrogen) atoms. The zero-order chi connectivity index (χ0) is 25.9. The predicted octanol–water partition coefficient (Wildman–Crippen LogP) is 6.40. The summed E-state index contributed by atoms with van der Waals surface area (Å²) >= 11 is 6.13. The average molecular weight is 539 g/mol. The van der Waals surface area contributed by atoms with Gasteiger partial charge in [-0.3, -0.25) is 4.72 Å². The van der Waals surface area contributed by atoms with Crippen LogP contribution in [0.2, 0.25) is 5.02 Å². The topological polar surface area (TPSA) is 90.5 Å². The number of benzene rings is 3. The van der Waals surface area contributed by atoms with E-state index in [-0.39, 0.29) is 27.0 Å². The number of nitrogens with one attached hydrogen (secondary N) is 3. The predicted molar refractivity (Wildman–Crippen MR) is 134 cm³/mol. The van der Waals surface area contributed by atoms with Gasteiger partial charge in [0.15, 0.2) is 0 Å². The number of rotatable bonds is 6. The number of hydrogen-bond acceptors (Lipinski definition) is 4. The maximum absolute atomic E-state index is 13.4. The highest BCUT2D eigenvalue weighted by molar-refractivity contribution is 7.93. The average Bonchev–Trinajstić information content (AvgIpc) is 3.35. The van der Waals surface area contributed by atoms with Crippen molar-refractivity contribution in [2.45, 2.75) is 23.9 Å². The van der Waals surface area contributed by atoms with Crippen molar-refractivity contribution in [3.63, 3.8) is 0 Å². The molecule has 0 radical (unpaired) electrons. The van der Waals surface area contributed by atoms with Crippen LogP contribution in [0.1, 0.15) is 18.4 Å². The van der Waals surface area contributed by atoms with Gasteiger partial charge in [0, 0.05) is 24.5 Å². The van der Waals surface area contributed by atoms with Gasteiger partial charge in [-0.1, -0.05) is 29.8 Å². The Morgan fingerprint density at radius 3 is 2.22 bits per heavy atom. The van der Waals surface area contributed by atoms with Crippen LogP contribution in [0.4, 0.5) is 40.7 Å². The third kappa shape index (κ3) is 6.03. The number of anilines is 4. The van der Waals surface area contributed by atoms with Gasteiger partial charge >= 0.3 is 12.2 Å². The summed E-state index contributed by atoms with van der Waals surface area (Å²) in [4.78, 5) is 14.4. The molecule has 0 spiro atoms. The summed E-state index contributed by atoms with van der Waals surface area (Å²) < 4.78 is 68.1. The Hall–Kier alpha value is -3.44. The molecule has 0 aromatic heterocycles. The number of alkyl halides is 3. The third-order valence-corrected chi connectivity index (χ3v) is 7.24. The van der Waals surface area contributed by atoms with Crippen molar-refractivity contribution in [3.05, 3.63) is 77.3 Å². The molecule has 1 saturated heterocycles. The van der Waals surface area contributed by atoms with Crippen LogP contribution in [0.25, 0.3) is 0 Å². The van der Waals surface area contributed by atoms with Crippen molar-refractivity contribution in [1.29, 1.82) is 0 Å². The van der Waals surface area contributed by atoms with Crippen molar-refractivity contribution in [2.24, 2.45) is 0 Å². The molecule has 0 saturated carbocycles. The van der Waals surface area contributed by atoms with E-state index in [0.29, 0.717) is 18.8 Å². The number of amides is 2. The first-order valence-corrected chi connectivity index (χ1v) is 12.8. The molecular formula is C24H22ClF3N4O3S. The molecular weight excluding hydrogens is 517 g/mol. The van der Waals surface area contributed by atoms with Crippen LogP contribution in [0, 0.1) is 0 Å². The van der Waals surface area contributed by atoms with Crippen LogP contribution in [0.15, 0.2) is 71.6 Å². The van der Waals surface area contributed by atoms with Crippen LogP contribution in [0.5, 0.6) is 0 Å². The van der Waals surface area contributed by atoms with Crippen molar-refractivity contribution in [3.8, 4) is 0 Å². The molecule has 4 rings (SSSR count). The molecule has 0 bridgehead atoms. The lowest BCUT2D eigenvalue weighted by Gasteiger charge is -2.22. The molecule has 1 aliphatic heterocycles. The summed E-state index contributed by atoms with van der Waals surface area (Å²) in [5, 5.41) is 5.04. The minimum atomic E-state index is -4.56. The first-order valence-electron chi connectivity index (χ1n) is 10.9. The van der Waals surface area contributed by atoms with Crippen LogP contribution >= 0.6 is 11.6 Å². The van der Waals surface area contributed by atoms with E-state index in [1.165, 1.54) is 30.3 Å². The fourth-order valence-electron chi connectivity index (χ4n) is 3.84. The van der Waals surface area contributed by atoms with Gasteiger partial charge in [0.05, 0.1) is 22.0 Å². The Kier molecular flexibility index (Phi) is 7.32. The molecule has 190 valence electrons. The first-order chi connectivity index (χ1) is 17.0. The minimum Gasteiger partial charge on any atom is -0.370 e. The fourth-order valence-corrected chi connectivity index (χ4v) is 5.41. The highest BCUT2D eigenvalue weighted by Gasteiger charge is 2.30. The van der Waals surface area contributed by atoms with E-state index in [4.69, 9.17) is 11.6 Å². The number of hydrogen-bond donors (Lipinski definition) is 3. The Morgan fingerprint density at radius 1 is 0.889 bits per heavy atom. The van der Waals surface area contributed by atoms with Crippen molar-refractivity contribution in [1.82, 2.24) is 0 Å². The summed E-state index contributed by atoms with van der Waals surface area (Å²) in [7, 11) is -4.12. The number of carbonyl (C=O) groups excluding carboxylic acids is 1. The molecule has 0 atom stereocenters. The molecule has 0 unspecified atom stereocenters. The van der Waals surface area contributed by atoms with Crippen molar-refractivity contribution in [2.75, 3.05) is 33.3 Å². The fraction of sp³-hybridized carbons (Fsp3) is 0.208. The number of para-hydroxylation sites is 1. The molecule has 3 N–H and O–H groups in total. The summed E-state index contributed by atoms with van der Waals surface area (Å²) in [6.07, 6.45) is -2.73. The molecule has 3 aromatic carbocycles. The zero-order valence-electron chi connectivity index (χ0n) is 18.8. The lowest BCUT2D eigenvalue weighted by molar-refractivity contribution is -0.137. The van der Waals surface area contributed by atoms with Gasteiger partial charge in [-0.05, 0) is 61.4 Å². The van der Waals surface area contributed by atoms with Crippen molar-refractivity contribution < 1.29 is 26.4 Å². The second kappa shape index (κ2) is 10.3. The Bertz CT molecular complexity index is 1380. The second-order valence-electron chi connectivity index (χ2n) is 8.12. The zero-order valence-corrected chi connectivity index (χ0v) is 20.3. The Labute approximate surface area is 211 Å². The maximum Gasteiger partial charge on any atom is 0.416 e. The summed E-state index contributed by atoms with van der Waals surface area (Å²) in [6, 6.07) is 14.2. The van der Waals surface area contributed by atoms with Crippen LogP contribution in [0.3, 0.4) is 0 Å². The van der Waals surface area contributed by atoms with Gasteiger partial charge in [0.2, 0.25) is 0 Å². The highest BCUT2D eigenvalue weighted by Crippen LogP contribution is 2.34. The van der Waals surface area contributed by atoms with Crippen LogP contribution in [-0.2, 0) is 16.2 Å². The molecule has 12 heteroatoms. The molecule has 1 fully saturated rings. The highest BCUT2D eigenvalue weighted by atomic mass is 35.5. The Balaban J connectivity index is 1.60. The quantitative estimate of drug-likeness (QED) is 0.338. The first kappa shape index (κ1) is 25.6. The largest absolute Gasteiger partial charge is 0.416 e. The maximum atomic E-state index is 13.4. The van der Waals surface area contributed by atoms with Gasteiger partial charge in [-0.2, -0.15) is 13.2 Å². The normalized spacial score (nSPS) is 13.9. The van der Waals surface area contributed by atoms with E-state index >= 15 is 0 Å². The van der Waals surface area contributed by atoms with Gasteiger partial charge < -0.3 is 15.5 Å². The van der Waals surface area contributed by atoms with E-state index < -0.39 is 27.8 Å². The van der Waals surface area contributed by atoms with Gasteiger partial charge in [-0.25, -0.2) is 13.2 Å². The second-order valence-corrected chi connectivity index (χ2v) is 10.2. The number of halogens is 4. The standard InChI is InChI=1S/C24H22ClF3N4O3S/c25-19-8-1-2-9-20(19)31-36(34,35)22-15-18(10-11-21(22)32-12-3-4-13-32)30-23(33)29-17-7-5-6-16(14-17)24(26,27)28/h1-2,5-11,14-15,31H,3-4,12-13H2,(H2,29,30,33). The molecule has 3 aromatic rings. The van der Waals surface area contributed by atoms with E-state index in [0.717, 1.165) is 25.0 Å². The summed E-state index contributed by atoms with van der Waals surface area (Å²) in [5.41, 5.74) is -0.163. The molecule has 7 nitrogen and oxygen atoms in total. The lowest BCUT2D eigenvalue weighted by atomic mass is 10.2. The van der Waals surface area contributed by atoms with E-state index in [9.17, 15) is 26.4 Å². The summed E-state index contributed by atoms with van der Waals surface area (Å²) in [6.45, 7) is 1.36. The van der Waals surface area contributed by atoms with E-state index in [2.05, 4.69) is 15.4 Å².